The number of ketones is 1. The summed E-state index contributed by atoms with van der Waals surface area (Å²) in [6.07, 6.45) is 0.187. The summed E-state index contributed by atoms with van der Waals surface area (Å²) in [4.78, 5) is 11.2. The molecule has 0 aromatic heterocycles. The zero-order valence-electron chi connectivity index (χ0n) is 7.72. The zero-order valence-corrected chi connectivity index (χ0v) is 9.30. The summed E-state index contributed by atoms with van der Waals surface area (Å²) in [6.45, 7) is 0.0585. The van der Waals surface area contributed by atoms with Crippen molar-refractivity contribution in [1.82, 2.24) is 0 Å². The molecule has 0 N–H and O–H groups in total. The van der Waals surface area contributed by atoms with Gasteiger partial charge in [-0.15, -0.1) is 0 Å². The van der Waals surface area contributed by atoms with Crippen molar-refractivity contribution in [3.05, 3.63) is 34.1 Å². The molecule has 1 aromatic carbocycles. The molecule has 0 spiro atoms. The Kier molecular flexibility index (Phi) is 4.22. The maximum Gasteiger partial charge on any atom is 0.162 e. The molecule has 1 rings (SSSR count). The van der Waals surface area contributed by atoms with Crippen molar-refractivity contribution in [1.29, 1.82) is 0 Å². The number of halogens is 2. The molecule has 0 amide bonds. The third kappa shape index (κ3) is 2.89. The normalized spacial score (nSPS) is 10.2. The molecular weight excluding hydrogens is 251 g/mol. The van der Waals surface area contributed by atoms with Crippen molar-refractivity contribution in [2.45, 2.75) is 6.42 Å². The van der Waals surface area contributed by atoms with Crippen molar-refractivity contribution in [2.24, 2.45) is 0 Å². The largest absolute Gasteiger partial charge is 0.377 e. The second-order valence-corrected chi connectivity index (χ2v) is 3.65. The Hall–Kier alpha value is -0.740. The van der Waals surface area contributed by atoms with E-state index < -0.39 is 0 Å². The first kappa shape index (κ1) is 11.3. The molecule has 0 saturated heterocycles. The number of benzene rings is 1. The Balaban J connectivity index is 2.76. The molecule has 0 aliphatic rings. The number of ether oxygens (including phenoxy) is 1. The van der Waals surface area contributed by atoms with E-state index in [-0.39, 0.29) is 24.6 Å². The Morgan fingerprint density at radius 2 is 2.29 bits per heavy atom. The van der Waals surface area contributed by atoms with E-state index in [1.807, 2.05) is 0 Å². The van der Waals surface area contributed by atoms with Crippen molar-refractivity contribution in [3.8, 4) is 0 Å². The molecule has 14 heavy (non-hydrogen) atoms. The lowest BCUT2D eigenvalue weighted by Gasteiger charge is -2.03. The average molecular weight is 261 g/mol. The van der Waals surface area contributed by atoms with E-state index in [0.29, 0.717) is 10.0 Å². The van der Waals surface area contributed by atoms with Crippen molar-refractivity contribution in [3.63, 3.8) is 0 Å². The third-order valence-electron chi connectivity index (χ3n) is 1.72. The molecule has 0 aliphatic carbocycles. The Labute approximate surface area is 90.2 Å². The molecule has 2 nitrogen and oxygen atoms in total. The quantitative estimate of drug-likeness (QED) is 0.831. The Bertz CT molecular complexity index is 339. The highest BCUT2D eigenvalue weighted by Crippen LogP contribution is 2.20. The topological polar surface area (TPSA) is 26.3 Å². The predicted octanol–water partition coefficient (Wildman–Crippen LogP) is 2.35. The van der Waals surface area contributed by atoms with Crippen LogP contribution in [0.25, 0.3) is 0 Å². The van der Waals surface area contributed by atoms with Crippen molar-refractivity contribution >= 4 is 21.7 Å². The fraction of sp³-hybridized carbons (Fsp3) is 0.300. The molecule has 0 atom stereocenters. The average Bonchev–Trinajstić information content (AvgIpc) is 2.13. The van der Waals surface area contributed by atoms with E-state index in [9.17, 15) is 9.18 Å². The van der Waals surface area contributed by atoms with Crippen LogP contribution < -0.4 is 0 Å². The molecule has 0 unspecified atom stereocenters. The van der Waals surface area contributed by atoms with E-state index in [0.717, 1.165) is 0 Å². The summed E-state index contributed by atoms with van der Waals surface area (Å²) in [5, 5.41) is 0. The molecule has 0 aliphatic heterocycles. The second kappa shape index (κ2) is 5.22. The summed E-state index contributed by atoms with van der Waals surface area (Å²) in [6, 6.07) is 4.63. The van der Waals surface area contributed by atoms with Crippen LogP contribution in [0, 0.1) is 5.82 Å². The van der Waals surface area contributed by atoms with Gasteiger partial charge in [-0.05, 0) is 27.6 Å². The highest BCUT2D eigenvalue weighted by atomic mass is 79.9. The Morgan fingerprint density at radius 3 is 2.93 bits per heavy atom. The fourth-order valence-corrected chi connectivity index (χ4v) is 1.51. The molecule has 0 fully saturated rings. The standard InChI is InChI=1S/C10H10BrFO2/c1-14-6-8(13)5-7-3-2-4-9(12)10(7)11/h2-4H,5-6H2,1H3. The first-order valence-corrected chi connectivity index (χ1v) is 4.88. The van der Waals surface area contributed by atoms with E-state index >= 15 is 0 Å². The van der Waals surface area contributed by atoms with Crippen LogP contribution >= 0.6 is 15.9 Å². The van der Waals surface area contributed by atoms with Crippen LogP contribution in [0.15, 0.2) is 22.7 Å². The zero-order chi connectivity index (χ0) is 10.6. The minimum Gasteiger partial charge on any atom is -0.377 e. The van der Waals surface area contributed by atoms with E-state index in [2.05, 4.69) is 20.7 Å². The lowest BCUT2D eigenvalue weighted by atomic mass is 10.1. The van der Waals surface area contributed by atoms with Gasteiger partial charge in [0.2, 0.25) is 0 Å². The molecule has 1 aromatic rings. The molecule has 76 valence electrons. The number of carbonyl (C=O) groups is 1. The van der Waals surface area contributed by atoms with E-state index in [1.54, 1.807) is 12.1 Å². The number of hydrogen-bond acceptors (Lipinski definition) is 2. The van der Waals surface area contributed by atoms with Gasteiger partial charge in [-0.3, -0.25) is 4.79 Å². The number of methoxy groups -OCH3 is 1. The number of rotatable bonds is 4. The monoisotopic (exact) mass is 260 g/mol. The van der Waals surface area contributed by atoms with Crippen LogP contribution in [0.5, 0.6) is 0 Å². The Morgan fingerprint density at radius 1 is 1.57 bits per heavy atom. The van der Waals surface area contributed by atoms with Gasteiger partial charge in [0.1, 0.15) is 12.4 Å². The van der Waals surface area contributed by atoms with Gasteiger partial charge in [0.05, 0.1) is 4.47 Å². The third-order valence-corrected chi connectivity index (χ3v) is 2.61. The maximum atomic E-state index is 13.0. The summed E-state index contributed by atoms with van der Waals surface area (Å²) in [7, 11) is 1.46. The van der Waals surface area contributed by atoms with Crippen LogP contribution in [-0.2, 0) is 16.0 Å². The molecular formula is C10H10BrFO2. The van der Waals surface area contributed by atoms with Crippen LogP contribution in [0.4, 0.5) is 4.39 Å². The molecule has 0 saturated carbocycles. The first-order valence-electron chi connectivity index (χ1n) is 4.08. The minimum atomic E-state index is -0.354. The summed E-state index contributed by atoms with van der Waals surface area (Å²) in [5.74, 6) is -0.425. The van der Waals surface area contributed by atoms with Gasteiger partial charge in [-0.25, -0.2) is 4.39 Å². The van der Waals surface area contributed by atoms with Gasteiger partial charge in [0, 0.05) is 13.5 Å². The van der Waals surface area contributed by atoms with Crippen molar-refractivity contribution in [2.75, 3.05) is 13.7 Å². The van der Waals surface area contributed by atoms with Gasteiger partial charge in [-0.1, -0.05) is 12.1 Å². The van der Waals surface area contributed by atoms with Crippen LogP contribution in [0.3, 0.4) is 0 Å². The second-order valence-electron chi connectivity index (χ2n) is 2.86. The van der Waals surface area contributed by atoms with Gasteiger partial charge in [0.25, 0.3) is 0 Å². The lowest BCUT2D eigenvalue weighted by Crippen LogP contribution is -2.10. The highest BCUT2D eigenvalue weighted by molar-refractivity contribution is 9.10. The highest BCUT2D eigenvalue weighted by Gasteiger charge is 2.09. The lowest BCUT2D eigenvalue weighted by molar-refractivity contribution is -0.121. The molecule has 0 bridgehead atoms. The van der Waals surface area contributed by atoms with E-state index in [1.165, 1.54) is 13.2 Å². The van der Waals surface area contributed by atoms with Gasteiger partial charge < -0.3 is 4.74 Å². The summed E-state index contributed by atoms with van der Waals surface area (Å²) >= 11 is 3.09. The predicted molar refractivity (Wildman–Crippen MR) is 54.7 cm³/mol. The molecule has 0 heterocycles. The SMILES string of the molecule is COCC(=O)Cc1cccc(F)c1Br. The van der Waals surface area contributed by atoms with Gasteiger partial charge in [0.15, 0.2) is 5.78 Å². The van der Waals surface area contributed by atoms with Crippen LogP contribution in [-0.4, -0.2) is 19.5 Å². The van der Waals surface area contributed by atoms with Gasteiger partial charge >= 0.3 is 0 Å². The van der Waals surface area contributed by atoms with Crippen molar-refractivity contribution < 1.29 is 13.9 Å². The van der Waals surface area contributed by atoms with E-state index in [4.69, 9.17) is 0 Å². The summed E-state index contributed by atoms with van der Waals surface area (Å²) < 4.78 is 18.1. The fourth-order valence-electron chi connectivity index (χ4n) is 1.11. The maximum absolute atomic E-state index is 13.0. The minimum absolute atomic E-state index is 0.0585. The number of Topliss-reactive ketones (excluding diaryl/α,β-unsaturated/α-hetero) is 1. The number of carbonyl (C=O) groups excluding carboxylic acids is 1. The smallest absolute Gasteiger partial charge is 0.162 e. The van der Waals surface area contributed by atoms with Gasteiger partial charge in [-0.2, -0.15) is 0 Å². The molecule has 4 heteroatoms. The molecule has 0 radical (unpaired) electrons. The summed E-state index contributed by atoms with van der Waals surface area (Å²) in [5.41, 5.74) is 0.645. The number of hydrogen-bond donors (Lipinski definition) is 0. The van der Waals surface area contributed by atoms with Crippen LogP contribution in [0.1, 0.15) is 5.56 Å². The van der Waals surface area contributed by atoms with Crippen LogP contribution in [0.2, 0.25) is 0 Å². The first-order chi connectivity index (χ1) is 6.65.